The molecule has 0 radical (unpaired) electrons. The number of hydrogen-bond acceptors (Lipinski definition) is 2. The van der Waals surface area contributed by atoms with Crippen LogP contribution in [-0.2, 0) is 15.1 Å². The molecule has 1 atom stereocenters. The van der Waals surface area contributed by atoms with Crippen LogP contribution in [0.3, 0.4) is 0 Å². The van der Waals surface area contributed by atoms with E-state index in [1.807, 2.05) is 0 Å². The molecule has 1 unspecified atom stereocenters. The topological polar surface area (TPSA) is 49.4 Å². The van der Waals surface area contributed by atoms with Crippen LogP contribution in [0.5, 0.6) is 0 Å². The Morgan fingerprint density at radius 2 is 2.00 bits per heavy atom. The summed E-state index contributed by atoms with van der Waals surface area (Å²) < 4.78 is 13.1. The zero-order valence-electron chi connectivity index (χ0n) is 12.8. The van der Waals surface area contributed by atoms with Crippen LogP contribution in [0.2, 0.25) is 0 Å². The molecule has 0 spiro atoms. The minimum Gasteiger partial charge on any atom is -0.346 e. The van der Waals surface area contributed by atoms with Crippen LogP contribution >= 0.6 is 0 Å². The third kappa shape index (κ3) is 2.72. The minimum absolute atomic E-state index is 0.0239. The highest BCUT2D eigenvalue weighted by atomic mass is 19.1. The molecule has 22 heavy (non-hydrogen) atoms. The Kier molecular flexibility index (Phi) is 3.89. The third-order valence-electron chi connectivity index (χ3n) is 5.00. The Hall–Kier alpha value is -1.91. The molecule has 0 bridgehead atoms. The van der Waals surface area contributed by atoms with Gasteiger partial charge in [-0.1, -0.05) is 12.1 Å². The lowest BCUT2D eigenvalue weighted by Crippen LogP contribution is -2.53. The minimum atomic E-state index is -0.378. The van der Waals surface area contributed by atoms with Crippen LogP contribution in [0.15, 0.2) is 24.3 Å². The standard InChI is InChI=1S/C17H21FN2O2/c1-20-10-7-12(11-15(20)21)16(22)19-17(8-2-9-17)13-3-5-14(18)6-4-13/h3-6,12H,2,7-11H2,1H3,(H,19,22). The first-order chi connectivity index (χ1) is 10.5. The molecule has 2 amide bonds. The van der Waals surface area contributed by atoms with E-state index in [0.29, 0.717) is 13.0 Å². The van der Waals surface area contributed by atoms with Crippen molar-refractivity contribution < 1.29 is 14.0 Å². The lowest BCUT2D eigenvalue weighted by molar-refractivity contribution is -0.140. The number of amides is 2. The van der Waals surface area contributed by atoms with E-state index in [2.05, 4.69) is 5.32 Å². The molecule has 1 aromatic rings. The van der Waals surface area contributed by atoms with Gasteiger partial charge in [0.2, 0.25) is 11.8 Å². The van der Waals surface area contributed by atoms with Crippen molar-refractivity contribution in [3.8, 4) is 0 Å². The molecule has 1 saturated heterocycles. The maximum Gasteiger partial charge on any atom is 0.224 e. The van der Waals surface area contributed by atoms with Crippen molar-refractivity contribution in [3.05, 3.63) is 35.6 Å². The Morgan fingerprint density at radius 3 is 2.55 bits per heavy atom. The van der Waals surface area contributed by atoms with Gasteiger partial charge in [0.05, 0.1) is 5.54 Å². The first-order valence-electron chi connectivity index (χ1n) is 7.82. The van der Waals surface area contributed by atoms with E-state index < -0.39 is 0 Å². The van der Waals surface area contributed by atoms with E-state index in [-0.39, 0.29) is 35.5 Å². The van der Waals surface area contributed by atoms with Gasteiger partial charge in [-0.3, -0.25) is 9.59 Å². The molecule has 2 fully saturated rings. The monoisotopic (exact) mass is 304 g/mol. The summed E-state index contributed by atoms with van der Waals surface area (Å²) in [5.74, 6) is -0.548. The lowest BCUT2D eigenvalue weighted by atomic mass is 9.71. The second kappa shape index (κ2) is 5.71. The Bertz CT molecular complexity index is 581. The van der Waals surface area contributed by atoms with Crippen molar-refractivity contribution in [1.82, 2.24) is 10.2 Å². The highest BCUT2D eigenvalue weighted by Gasteiger charge is 2.42. The predicted octanol–water partition coefficient (Wildman–Crippen LogP) is 2.19. The Labute approximate surface area is 129 Å². The zero-order chi connectivity index (χ0) is 15.7. The van der Waals surface area contributed by atoms with Crippen LogP contribution < -0.4 is 5.32 Å². The number of nitrogens with zero attached hydrogens (tertiary/aromatic N) is 1. The largest absolute Gasteiger partial charge is 0.346 e. The van der Waals surface area contributed by atoms with E-state index in [1.165, 1.54) is 12.1 Å². The van der Waals surface area contributed by atoms with E-state index in [4.69, 9.17) is 0 Å². The van der Waals surface area contributed by atoms with Gasteiger partial charge in [0.25, 0.3) is 0 Å². The summed E-state index contributed by atoms with van der Waals surface area (Å²) in [5.41, 5.74) is 0.574. The average Bonchev–Trinajstić information content (AvgIpc) is 2.46. The second-order valence-electron chi connectivity index (χ2n) is 6.44. The number of carbonyl (C=O) groups is 2. The molecule has 2 aliphatic rings. The van der Waals surface area contributed by atoms with Crippen molar-refractivity contribution in [1.29, 1.82) is 0 Å². The number of nitrogens with one attached hydrogen (secondary N) is 1. The van der Waals surface area contributed by atoms with Gasteiger partial charge in [-0.05, 0) is 43.4 Å². The van der Waals surface area contributed by atoms with Crippen LogP contribution in [0, 0.1) is 11.7 Å². The zero-order valence-corrected chi connectivity index (χ0v) is 12.8. The number of rotatable bonds is 3. The fourth-order valence-electron chi connectivity index (χ4n) is 3.29. The molecular weight excluding hydrogens is 283 g/mol. The molecule has 5 heteroatoms. The Balaban J connectivity index is 1.71. The van der Waals surface area contributed by atoms with Gasteiger partial charge in [-0.2, -0.15) is 0 Å². The number of benzene rings is 1. The van der Waals surface area contributed by atoms with Crippen molar-refractivity contribution in [2.24, 2.45) is 5.92 Å². The molecule has 118 valence electrons. The summed E-state index contributed by atoms with van der Waals surface area (Å²) in [6.45, 7) is 0.625. The van der Waals surface area contributed by atoms with Gasteiger partial charge in [-0.25, -0.2) is 4.39 Å². The fourth-order valence-corrected chi connectivity index (χ4v) is 3.29. The Morgan fingerprint density at radius 1 is 1.32 bits per heavy atom. The van der Waals surface area contributed by atoms with E-state index >= 15 is 0 Å². The number of halogens is 1. The van der Waals surface area contributed by atoms with Gasteiger partial charge in [0.1, 0.15) is 5.82 Å². The number of hydrogen-bond donors (Lipinski definition) is 1. The summed E-state index contributed by atoms with van der Waals surface area (Å²) in [6, 6.07) is 6.35. The molecule has 1 aromatic carbocycles. The van der Waals surface area contributed by atoms with E-state index in [0.717, 1.165) is 24.8 Å². The van der Waals surface area contributed by atoms with Crippen molar-refractivity contribution in [2.75, 3.05) is 13.6 Å². The first kappa shape index (κ1) is 15.0. The molecule has 3 rings (SSSR count). The molecule has 4 nitrogen and oxygen atoms in total. The van der Waals surface area contributed by atoms with E-state index in [1.54, 1.807) is 24.1 Å². The van der Waals surface area contributed by atoms with Crippen molar-refractivity contribution in [2.45, 2.75) is 37.6 Å². The lowest BCUT2D eigenvalue weighted by Gasteiger charge is -2.44. The number of piperidine rings is 1. The van der Waals surface area contributed by atoms with Crippen LogP contribution in [-0.4, -0.2) is 30.3 Å². The SMILES string of the molecule is CN1CCC(C(=O)NC2(c3ccc(F)cc3)CCC2)CC1=O. The van der Waals surface area contributed by atoms with Gasteiger partial charge >= 0.3 is 0 Å². The third-order valence-corrected chi connectivity index (χ3v) is 5.00. The molecule has 1 aliphatic carbocycles. The molecule has 1 heterocycles. The van der Waals surface area contributed by atoms with Crippen molar-refractivity contribution in [3.63, 3.8) is 0 Å². The molecule has 1 aliphatic heterocycles. The maximum absolute atomic E-state index is 13.1. The highest BCUT2D eigenvalue weighted by Crippen LogP contribution is 2.41. The number of likely N-dealkylation sites (tertiary alicyclic amines) is 1. The quantitative estimate of drug-likeness (QED) is 0.930. The van der Waals surface area contributed by atoms with Crippen molar-refractivity contribution >= 4 is 11.8 Å². The normalized spacial score (nSPS) is 23.8. The van der Waals surface area contributed by atoms with Gasteiger partial charge in [0.15, 0.2) is 0 Å². The van der Waals surface area contributed by atoms with Gasteiger partial charge in [0, 0.05) is 25.9 Å². The molecular formula is C17H21FN2O2. The fraction of sp³-hybridized carbons (Fsp3) is 0.529. The molecule has 1 saturated carbocycles. The van der Waals surface area contributed by atoms with Gasteiger partial charge in [-0.15, -0.1) is 0 Å². The van der Waals surface area contributed by atoms with Crippen LogP contribution in [0.25, 0.3) is 0 Å². The smallest absolute Gasteiger partial charge is 0.224 e. The summed E-state index contributed by atoms with van der Waals surface area (Å²) in [6.07, 6.45) is 3.76. The van der Waals surface area contributed by atoms with Gasteiger partial charge < -0.3 is 10.2 Å². The summed E-state index contributed by atoms with van der Waals surface area (Å²) in [4.78, 5) is 26.0. The summed E-state index contributed by atoms with van der Waals surface area (Å²) in [5, 5.41) is 3.14. The maximum atomic E-state index is 13.1. The van der Waals surface area contributed by atoms with Crippen LogP contribution in [0.1, 0.15) is 37.7 Å². The van der Waals surface area contributed by atoms with Crippen LogP contribution in [0.4, 0.5) is 4.39 Å². The molecule has 0 aromatic heterocycles. The average molecular weight is 304 g/mol. The second-order valence-corrected chi connectivity index (χ2v) is 6.44. The first-order valence-corrected chi connectivity index (χ1v) is 7.82. The predicted molar refractivity (Wildman–Crippen MR) is 80.4 cm³/mol. The summed E-state index contributed by atoms with van der Waals surface area (Å²) >= 11 is 0. The summed E-state index contributed by atoms with van der Waals surface area (Å²) in [7, 11) is 1.77. The molecule has 1 N–H and O–H groups in total. The highest BCUT2D eigenvalue weighted by molar-refractivity contribution is 5.87. The van der Waals surface area contributed by atoms with E-state index in [9.17, 15) is 14.0 Å². The number of carbonyl (C=O) groups excluding carboxylic acids is 2.